The van der Waals surface area contributed by atoms with Crippen molar-refractivity contribution in [2.75, 3.05) is 19.7 Å². The number of esters is 1. The van der Waals surface area contributed by atoms with Crippen LogP contribution in [0.25, 0.3) is 0 Å². The molecule has 0 aliphatic carbocycles. The molecule has 1 saturated heterocycles. The maximum Gasteiger partial charge on any atom is 0.410 e. The molecule has 5 heteroatoms. The zero-order valence-corrected chi connectivity index (χ0v) is 14.2. The lowest BCUT2D eigenvalue weighted by atomic mass is 9.70. The quantitative estimate of drug-likeness (QED) is 0.751. The van der Waals surface area contributed by atoms with Gasteiger partial charge in [-0.05, 0) is 46.5 Å². The Bertz CT molecular complexity index is 376. The van der Waals surface area contributed by atoms with E-state index in [1.807, 2.05) is 41.5 Å². The SMILES string of the molecule is CCOC(=O)C1(C(C)C)CCN(C(=O)OC(C)(C)C)CC1. The van der Waals surface area contributed by atoms with Gasteiger partial charge in [0.1, 0.15) is 5.60 Å². The molecule has 5 nitrogen and oxygen atoms in total. The zero-order valence-electron chi connectivity index (χ0n) is 14.2. The summed E-state index contributed by atoms with van der Waals surface area (Å²) in [5.74, 6) is 0.0566. The van der Waals surface area contributed by atoms with Gasteiger partial charge in [-0.25, -0.2) is 4.79 Å². The summed E-state index contributed by atoms with van der Waals surface area (Å²) in [6, 6.07) is 0. The molecule has 1 aliphatic heterocycles. The summed E-state index contributed by atoms with van der Waals surface area (Å²) in [4.78, 5) is 26.1. The number of rotatable bonds is 3. The molecule has 1 heterocycles. The Morgan fingerprint density at radius 3 is 2.10 bits per heavy atom. The smallest absolute Gasteiger partial charge is 0.410 e. The van der Waals surface area contributed by atoms with Crippen LogP contribution in [0.2, 0.25) is 0 Å². The largest absolute Gasteiger partial charge is 0.466 e. The molecule has 122 valence electrons. The van der Waals surface area contributed by atoms with Gasteiger partial charge in [-0.3, -0.25) is 4.79 Å². The first kappa shape index (κ1) is 17.8. The van der Waals surface area contributed by atoms with Crippen molar-refractivity contribution in [3.8, 4) is 0 Å². The number of likely N-dealkylation sites (tertiary alicyclic amines) is 1. The average Bonchev–Trinajstić information content (AvgIpc) is 2.36. The second kappa shape index (κ2) is 6.67. The molecule has 0 aromatic carbocycles. The monoisotopic (exact) mass is 299 g/mol. The summed E-state index contributed by atoms with van der Waals surface area (Å²) >= 11 is 0. The van der Waals surface area contributed by atoms with E-state index < -0.39 is 11.0 Å². The van der Waals surface area contributed by atoms with Gasteiger partial charge in [-0.15, -0.1) is 0 Å². The van der Waals surface area contributed by atoms with Gasteiger partial charge < -0.3 is 14.4 Å². The Morgan fingerprint density at radius 2 is 1.71 bits per heavy atom. The Kier molecular flexibility index (Phi) is 5.65. The molecule has 1 fully saturated rings. The van der Waals surface area contributed by atoms with E-state index in [9.17, 15) is 9.59 Å². The first-order valence-electron chi connectivity index (χ1n) is 7.77. The van der Waals surface area contributed by atoms with Crippen LogP contribution in [0.5, 0.6) is 0 Å². The molecule has 0 aromatic rings. The van der Waals surface area contributed by atoms with Gasteiger partial charge in [-0.1, -0.05) is 13.8 Å². The summed E-state index contributed by atoms with van der Waals surface area (Å²) in [6.07, 6.45) is 0.953. The minimum Gasteiger partial charge on any atom is -0.466 e. The van der Waals surface area contributed by atoms with Gasteiger partial charge in [0.2, 0.25) is 0 Å². The summed E-state index contributed by atoms with van der Waals surface area (Å²) in [6.45, 7) is 12.9. The van der Waals surface area contributed by atoms with Crippen LogP contribution in [-0.4, -0.2) is 42.3 Å². The maximum absolute atomic E-state index is 12.3. The van der Waals surface area contributed by atoms with Crippen LogP contribution in [0.1, 0.15) is 54.4 Å². The molecule has 0 aromatic heterocycles. The minimum absolute atomic E-state index is 0.135. The maximum atomic E-state index is 12.3. The minimum atomic E-state index is -0.495. The Hall–Kier alpha value is -1.26. The second-order valence-corrected chi connectivity index (χ2v) is 7.00. The topological polar surface area (TPSA) is 55.8 Å². The molecular weight excluding hydrogens is 270 g/mol. The fourth-order valence-corrected chi connectivity index (χ4v) is 2.71. The summed E-state index contributed by atoms with van der Waals surface area (Å²) < 4.78 is 10.6. The average molecular weight is 299 g/mol. The molecule has 1 aliphatic rings. The Labute approximate surface area is 128 Å². The number of nitrogens with zero attached hydrogens (tertiary/aromatic N) is 1. The van der Waals surface area contributed by atoms with E-state index in [1.54, 1.807) is 4.90 Å². The Morgan fingerprint density at radius 1 is 1.19 bits per heavy atom. The standard InChI is InChI=1S/C16H29NO4/c1-7-20-13(18)16(12(2)3)8-10-17(11-9-16)14(19)21-15(4,5)6/h12H,7-11H2,1-6H3. The molecular formula is C16H29NO4. The molecule has 0 saturated carbocycles. The fraction of sp³-hybridized carbons (Fsp3) is 0.875. The predicted octanol–water partition coefficient (Wildman–Crippen LogP) is 3.22. The van der Waals surface area contributed by atoms with Crippen molar-refractivity contribution in [1.82, 2.24) is 4.90 Å². The van der Waals surface area contributed by atoms with E-state index >= 15 is 0 Å². The molecule has 0 atom stereocenters. The van der Waals surface area contributed by atoms with E-state index in [0.717, 1.165) is 0 Å². The van der Waals surface area contributed by atoms with Crippen molar-refractivity contribution in [3.63, 3.8) is 0 Å². The molecule has 0 spiro atoms. The van der Waals surface area contributed by atoms with E-state index in [-0.39, 0.29) is 18.0 Å². The molecule has 0 N–H and O–H groups in total. The summed E-state index contributed by atoms with van der Waals surface area (Å²) in [5.41, 5.74) is -0.973. The van der Waals surface area contributed by atoms with E-state index in [0.29, 0.717) is 32.5 Å². The molecule has 1 amide bonds. The van der Waals surface area contributed by atoms with Crippen LogP contribution in [0.3, 0.4) is 0 Å². The van der Waals surface area contributed by atoms with Crippen molar-refractivity contribution in [3.05, 3.63) is 0 Å². The lowest BCUT2D eigenvalue weighted by Crippen LogP contribution is -2.50. The van der Waals surface area contributed by atoms with Gasteiger partial charge in [0.05, 0.1) is 12.0 Å². The highest BCUT2D eigenvalue weighted by Crippen LogP contribution is 2.40. The van der Waals surface area contributed by atoms with Gasteiger partial charge >= 0.3 is 12.1 Å². The third-order valence-electron chi connectivity index (χ3n) is 4.09. The predicted molar refractivity (Wildman–Crippen MR) is 80.9 cm³/mol. The second-order valence-electron chi connectivity index (χ2n) is 7.00. The fourth-order valence-electron chi connectivity index (χ4n) is 2.71. The van der Waals surface area contributed by atoms with Gasteiger partial charge in [0.25, 0.3) is 0 Å². The van der Waals surface area contributed by atoms with E-state index in [2.05, 4.69) is 0 Å². The van der Waals surface area contributed by atoms with Crippen molar-refractivity contribution < 1.29 is 19.1 Å². The van der Waals surface area contributed by atoms with Crippen LogP contribution in [-0.2, 0) is 14.3 Å². The van der Waals surface area contributed by atoms with Crippen molar-refractivity contribution in [2.45, 2.75) is 60.0 Å². The highest BCUT2D eigenvalue weighted by molar-refractivity contribution is 5.78. The van der Waals surface area contributed by atoms with Gasteiger partial charge in [0, 0.05) is 13.1 Å². The molecule has 1 rings (SSSR count). The van der Waals surface area contributed by atoms with Crippen LogP contribution >= 0.6 is 0 Å². The van der Waals surface area contributed by atoms with Crippen molar-refractivity contribution in [2.24, 2.45) is 11.3 Å². The van der Waals surface area contributed by atoms with E-state index in [4.69, 9.17) is 9.47 Å². The summed E-state index contributed by atoms with van der Waals surface area (Å²) in [7, 11) is 0. The highest BCUT2D eigenvalue weighted by Gasteiger charge is 2.46. The number of ether oxygens (including phenoxy) is 2. The highest BCUT2D eigenvalue weighted by atomic mass is 16.6. The van der Waals surface area contributed by atoms with Crippen LogP contribution in [0, 0.1) is 11.3 Å². The number of hydrogen-bond donors (Lipinski definition) is 0. The van der Waals surface area contributed by atoms with E-state index in [1.165, 1.54) is 0 Å². The number of hydrogen-bond acceptors (Lipinski definition) is 4. The number of carbonyl (C=O) groups is 2. The third kappa shape index (κ3) is 4.35. The lowest BCUT2D eigenvalue weighted by molar-refractivity contribution is -0.162. The lowest BCUT2D eigenvalue weighted by Gasteiger charge is -2.42. The number of piperidine rings is 1. The molecule has 0 unspecified atom stereocenters. The normalized spacial score (nSPS) is 18.5. The first-order chi connectivity index (χ1) is 9.62. The first-order valence-corrected chi connectivity index (χ1v) is 7.77. The molecule has 0 radical (unpaired) electrons. The number of carbonyl (C=O) groups excluding carboxylic acids is 2. The van der Waals surface area contributed by atoms with Crippen LogP contribution < -0.4 is 0 Å². The van der Waals surface area contributed by atoms with Crippen LogP contribution in [0.15, 0.2) is 0 Å². The molecule has 21 heavy (non-hydrogen) atoms. The third-order valence-corrected chi connectivity index (χ3v) is 4.09. The number of amides is 1. The van der Waals surface area contributed by atoms with Crippen molar-refractivity contribution >= 4 is 12.1 Å². The van der Waals surface area contributed by atoms with Crippen LogP contribution in [0.4, 0.5) is 4.79 Å². The van der Waals surface area contributed by atoms with Crippen molar-refractivity contribution in [1.29, 1.82) is 0 Å². The van der Waals surface area contributed by atoms with Gasteiger partial charge in [0.15, 0.2) is 0 Å². The summed E-state index contributed by atoms with van der Waals surface area (Å²) in [5, 5.41) is 0. The molecule has 0 bridgehead atoms. The Balaban J connectivity index is 2.71. The van der Waals surface area contributed by atoms with Gasteiger partial charge in [-0.2, -0.15) is 0 Å². The zero-order chi connectivity index (χ0) is 16.3.